The molecule has 0 amide bonds. The highest BCUT2D eigenvalue weighted by molar-refractivity contribution is 7.13. The van der Waals surface area contributed by atoms with E-state index in [0.717, 1.165) is 59.8 Å². The van der Waals surface area contributed by atoms with Gasteiger partial charge in [-0.3, -0.25) is 4.90 Å². The van der Waals surface area contributed by atoms with Crippen LogP contribution in [-0.4, -0.2) is 43.2 Å². The van der Waals surface area contributed by atoms with Crippen molar-refractivity contribution < 1.29 is 4.74 Å². The van der Waals surface area contributed by atoms with Crippen LogP contribution < -0.4 is 9.64 Å². The molecule has 4 rings (SSSR count). The number of halogens is 1. The predicted molar refractivity (Wildman–Crippen MR) is 113 cm³/mol. The molecule has 1 aliphatic heterocycles. The number of hydrogen-bond acceptors (Lipinski definition) is 5. The van der Waals surface area contributed by atoms with Crippen molar-refractivity contribution in [1.29, 1.82) is 0 Å². The number of benzene rings is 2. The molecule has 2 heterocycles. The molecular weight excluding hydrogens is 378 g/mol. The molecule has 1 aromatic heterocycles. The number of methoxy groups -OCH3 is 1. The van der Waals surface area contributed by atoms with E-state index in [-0.39, 0.29) is 0 Å². The molecule has 3 aromatic rings. The van der Waals surface area contributed by atoms with Gasteiger partial charge in [0.05, 0.1) is 12.8 Å². The fourth-order valence-corrected chi connectivity index (χ4v) is 4.33. The second kappa shape index (κ2) is 8.30. The summed E-state index contributed by atoms with van der Waals surface area (Å²) in [6, 6.07) is 16.2. The zero-order valence-electron chi connectivity index (χ0n) is 15.3. The van der Waals surface area contributed by atoms with Gasteiger partial charge in [0, 0.05) is 54.4 Å². The molecule has 0 unspecified atom stereocenters. The minimum Gasteiger partial charge on any atom is -0.497 e. The average Bonchev–Trinajstić information content (AvgIpc) is 3.17. The molecular formula is C21H22ClN3OS. The normalized spacial score (nSPS) is 15.1. The van der Waals surface area contributed by atoms with Crippen LogP contribution in [0.5, 0.6) is 5.75 Å². The van der Waals surface area contributed by atoms with Crippen molar-refractivity contribution in [1.82, 2.24) is 9.88 Å². The van der Waals surface area contributed by atoms with Gasteiger partial charge in [0.15, 0.2) is 0 Å². The Morgan fingerprint density at radius 2 is 1.89 bits per heavy atom. The van der Waals surface area contributed by atoms with Crippen LogP contribution in [0.4, 0.5) is 5.69 Å². The van der Waals surface area contributed by atoms with Crippen LogP contribution in [0.2, 0.25) is 5.02 Å². The molecule has 0 N–H and O–H groups in total. The van der Waals surface area contributed by atoms with E-state index in [0.29, 0.717) is 0 Å². The second-order valence-electron chi connectivity index (χ2n) is 6.62. The van der Waals surface area contributed by atoms with Crippen LogP contribution in [-0.2, 0) is 6.54 Å². The maximum Gasteiger partial charge on any atom is 0.123 e. The third-order valence-corrected chi connectivity index (χ3v) is 5.97. The van der Waals surface area contributed by atoms with E-state index in [1.807, 2.05) is 36.4 Å². The van der Waals surface area contributed by atoms with Crippen LogP contribution >= 0.6 is 22.9 Å². The first-order chi connectivity index (χ1) is 13.2. The first-order valence-electron chi connectivity index (χ1n) is 9.03. The Kier molecular flexibility index (Phi) is 5.62. The van der Waals surface area contributed by atoms with Crippen molar-refractivity contribution >= 4 is 28.6 Å². The Hall–Kier alpha value is -2.08. The molecule has 0 radical (unpaired) electrons. The van der Waals surface area contributed by atoms with Crippen LogP contribution in [0.15, 0.2) is 53.9 Å². The maximum absolute atomic E-state index is 6.12. The SMILES string of the molecule is COc1cccc(-c2nc(CN3CCN(c4cccc(Cl)c4)CC3)cs2)c1. The molecule has 1 saturated heterocycles. The lowest BCUT2D eigenvalue weighted by atomic mass is 10.2. The Balaban J connectivity index is 1.36. The van der Waals surface area contributed by atoms with Crippen molar-refractivity contribution in [2.75, 3.05) is 38.2 Å². The first kappa shape index (κ1) is 18.3. The number of nitrogens with zero attached hydrogens (tertiary/aromatic N) is 3. The molecule has 0 aliphatic carbocycles. The topological polar surface area (TPSA) is 28.6 Å². The van der Waals surface area contributed by atoms with Gasteiger partial charge in [-0.15, -0.1) is 11.3 Å². The zero-order valence-corrected chi connectivity index (χ0v) is 16.8. The van der Waals surface area contributed by atoms with Crippen molar-refractivity contribution in [3.63, 3.8) is 0 Å². The summed E-state index contributed by atoms with van der Waals surface area (Å²) in [7, 11) is 1.69. The lowest BCUT2D eigenvalue weighted by Gasteiger charge is -2.35. The lowest BCUT2D eigenvalue weighted by Crippen LogP contribution is -2.46. The van der Waals surface area contributed by atoms with E-state index in [1.54, 1.807) is 18.4 Å². The Labute approximate surface area is 169 Å². The molecule has 27 heavy (non-hydrogen) atoms. The maximum atomic E-state index is 6.12. The average molecular weight is 400 g/mol. The third kappa shape index (κ3) is 4.43. The summed E-state index contributed by atoms with van der Waals surface area (Å²) < 4.78 is 5.31. The molecule has 2 aromatic carbocycles. The molecule has 0 bridgehead atoms. The van der Waals surface area contributed by atoms with E-state index in [4.69, 9.17) is 21.3 Å². The fourth-order valence-electron chi connectivity index (χ4n) is 3.33. The summed E-state index contributed by atoms with van der Waals surface area (Å²) in [6.07, 6.45) is 0. The number of aromatic nitrogens is 1. The van der Waals surface area contributed by atoms with E-state index in [9.17, 15) is 0 Å². The van der Waals surface area contributed by atoms with Crippen molar-refractivity contribution in [2.45, 2.75) is 6.54 Å². The van der Waals surface area contributed by atoms with Gasteiger partial charge in [0.2, 0.25) is 0 Å². The molecule has 0 spiro atoms. The van der Waals surface area contributed by atoms with E-state index < -0.39 is 0 Å². The van der Waals surface area contributed by atoms with Crippen LogP contribution in [0.3, 0.4) is 0 Å². The van der Waals surface area contributed by atoms with Crippen LogP contribution in [0, 0.1) is 0 Å². The Bertz CT molecular complexity index is 906. The fraction of sp³-hybridized carbons (Fsp3) is 0.286. The quantitative estimate of drug-likeness (QED) is 0.616. The van der Waals surface area contributed by atoms with Crippen molar-refractivity contribution in [3.05, 3.63) is 64.6 Å². The Morgan fingerprint density at radius 1 is 1.07 bits per heavy atom. The molecule has 6 heteroatoms. The number of anilines is 1. The number of thiazole rings is 1. The van der Waals surface area contributed by atoms with Gasteiger partial charge in [-0.05, 0) is 30.3 Å². The van der Waals surface area contributed by atoms with Gasteiger partial charge >= 0.3 is 0 Å². The van der Waals surface area contributed by atoms with E-state index >= 15 is 0 Å². The summed E-state index contributed by atoms with van der Waals surface area (Å²) in [5.41, 5.74) is 3.45. The van der Waals surface area contributed by atoms with Crippen molar-refractivity contribution in [2.24, 2.45) is 0 Å². The zero-order chi connectivity index (χ0) is 18.6. The van der Waals surface area contributed by atoms with Crippen molar-refractivity contribution in [3.8, 4) is 16.3 Å². The lowest BCUT2D eigenvalue weighted by molar-refractivity contribution is 0.247. The number of piperazine rings is 1. The molecule has 140 valence electrons. The minimum absolute atomic E-state index is 0.794. The standard InChI is InChI=1S/C21H22ClN3OS/c1-26-20-7-2-4-16(12-20)21-23-18(15-27-21)14-24-8-10-25(11-9-24)19-6-3-5-17(22)13-19/h2-7,12-13,15H,8-11,14H2,1H3. The third-order valence-electron chi connectivity index (χ3n) is 4.80. The Morgan fingerprint density at radius 3 is 2.67 bits per heavy atom. The predicted octanol–water partition coefficient (Wildman–Crippen LogP) is 4.79. The monoisotopic (exact) mass is 399 g/mol. The first-order valence-corrected chi connectivity index (χ1v) is 10.3. The summed E-state index contributed by atoms with van der Waals surface area (Å²) in [6.45, 7) is 4.96. The highest BCUT2D eigenvalue weighted by atomic mass is 35.5. The summed E-state index contributed by atoms with van der Waals surface area (Å²) in [5.74, 6) is 0.862. The van der Waals surface area contributed by atoms with Gasteiger partial charge in [-0.1, -0.05) is 29.8 Å². The highest BCUT2D eigenvalue weighted by Gasteiger charge is 2.18. The van der Waals surface area contributed by atoms with Gasteiger partial charge < -0.3 is 9.64 Å². The smallest absolute Gasteiger partial charge is 0.123 e. The largest absolute Gasteiger partial charge is 0.497 e. The van der Waals surface area contributed by atoms with Gasteiger partial charge in [0.1, 0.15) is 10.8 Å². The molecule has 1 fully saturated rings. The molecule has 0 atom stereocenters. The molecule has 1 aliphatic rings. The van der Waals surface area contributed by atoms with Gasteiger partial charge in [-0.2, -0.15) is 0 Å². The second-order valence-corrected chi connectivity index (χ2v) is 7.91. The van der Waals surface area contributed by atoms with Crippen LogP contribution in [0.1, 0.15) is 5.69 Å². The van der Waals surface area contributed by atoms with E-state index in [1.165, 1.54) is 5.69 Å². The molecule has 4 nitrogen and oxygen atoms in total. The van der Waals surface area contributed by atoms with Gasteiger partial charge in [-0.25, -0.2) is 4.98 Å². The summed E-state index contributed by atoms with van der Waals surface area (Å²) in [5, 5.41) is 4.00. The number of ether oxygens (including phenoxy) is 1. The van der Waals surface area contributed by atoms with Gasteiger partial charge in [0.25, 0.3) is 0 Å². The number of hydrogen-bond donors (Lipinski definition) is 0. The summed E-state index contributed by atoms with van der Waals surface area (Å²) >= 11 is 7.81. The highest BCUT2D eigenvalue weighted by Crippen LogP contribution is 2.27. The molecule has 0 saturated carbocycles. The minimum atomic E-state index is 0.794. The summed E-state index contributed by atoms with van der Waals surface area (Å²) in [4.78, 5) is 9.69. The number of rotatable bonds is 5. The van der Waals surface area contributed by atoms with Crippen LogP contribution in [0.25, 0.3) is 10.6 Å². The van der Waals surface area contributed by atoms with E-state index in [2.05, 4.69) is 27.3 Å².